The van der Waals surface area contributed by atoms with E-state index in [1.54, 1.807) is 6.26 Å². The Kier molecular flexibility index (Phi) is 5.27. The Bertz CT molecular complexity index is 954. The predicted octanol–water partition coefficient (Wildman–Crippen LogP) is 4.67. The summed E-state index contributed by atoms with van der Waals surface area (Å²) in [6, 6.07) is 4.10. The van der Waals surface area contributed by atoms with Crippen molar-refractivity contribution in [2.75, 3.05) is 18.4 Å². The standard InChI is InChI=1S/C21H25N3O2S/c1-14-6-7-18-16(12-26-20(18)15(14)2)10-19(25)23-21-22-17(13-27-21)11-24-8-4-3-5-9-24/h6-7,12-13H,3-5,8-11H2,1-2H3,(H,22,23,25). The van der Waals surface area contributed by atoms with Gasteiger partial charge in [0.15, 0.2) is 5.13 Å². The zero-order valence-corrected chi connectivity index (χ0v) is 16.7. The molecule has 1 aliphatic rings. The fraction of sp³-hybridized carbons (Fsp3) is 0.429. The second kappa shape index (κ2) is 7.82. The van der Waals surface area contributed by atoms with Gasteiger partial charge in [0.25, 0.3) is 0 Å². The van der Waals surface area contributed by atoms with Crippen molar-refractivity contribution >= 4 is 33.3 Å². The molecule has 1 saturated heterocycles. The highest BCUT2D eigenvalue weighted by atomic mass is 32.1. The van der Waals surface area contributed by atoms with Crippen LogP contribution in [-0.4, -0.2) is 28.9 Å². The average molecular weight is 384 g/mol. The normalized spacial score (nSPS) is 15.3. The molecule has 0 aliphatic carbocycles. The summed E-state index contributed by atoms with van der Waals surface area (Å²) in [5, 5.41) is 6.67. The Balaban J connectivity index is 1.39. The number of carbonyl (C=O) groups excluding carboxylic acids is 1. The number of thiazole rings is 1. The number of hydrogen-bond acceptors (Lipinski definition) is 5. The number of likely N-dealkylation sites (tertiary alicyclic amines) is 1. The van der Waals surface area contributed by atoms with Crippen molar-refractivity contribution in [2.45, 2.75) is 46.1 Å². The molecule has 0 spiro atoms. The summed E-state index contributed by atoms with van der Waals surface area (Å²) in [5.74, 6) is -0.0604. The number of nitrogens with zero attached hydrogens (tertiary/aromatic N) is 2. The summed E-state index contributed by atoms with van der Waals surface area (Å²) in [4.78, 5) is 19.5. The second-order valence-corrected chi connectivity index (χ2v) is 8.21. The number of nitrogens with one attached hydrogen (secondary N) is 1. The average Bonchev–Trinajstić information content (AvgIpc) is 3.26. The fourth-order valence-corrected chi connectivity index (χ4v) is 4.36. The lowest BCUT2D eigenvalue weighted by Gasteiger charge is -2.25. The van der Waals surface area contributed by atoms with Gasteiger partial charge in [0.05, 0.1) is 18.4 Å². The molecular formula is C21H25N3O2S. The maximum Gasteiger partial charge on any atom is 0.230 e. The quantitative estimate of drug-likeness (QED) is 0.695. The van der Waals surface area contributed by atoms with E-state index in [0.717, 1.165) is 47.4 Å². The first-order valence-corrected chi connectivity index (χ1v) is 10.4. The Morgan fingerprint density at radius 1 is 1.26 bits per heavy atom. The van der Waals surface area contributed by atoms with Crippen molar-refractivity contribution in [3.8, 4) is 0 Å². The van der Waals surface area contributed by atoms with Gasteiger partial charge in [-0.25, -0.2) is 4.98 Å². The van der Waals surface area contributed by atoms with E-state index < -0.39 is 0 Å². The number of amides is 1. The number of carbonyl (C=O) groups is 1. The van der Waals surface area contributed by atoms with Crippen LogP contribution in [0.5, 0.6) is 0 Å². The lowest BCUT2D eigenvalue weighted by Crippen LogP contribution is -2.29. The summed E-state index contributed by atoms with van der Waals surface area (Å²) < 4.78 is 5.70. The van der Waals surface area contributed by atoms with Crippen molar-refractivity contribution in [3.63, 3.8) is 0 Å². The molecule has 0 saturated carbocycles. The molecule has 1 fully saturated rings. The van der Waals surface area contributed by atoms with Gasteiger partial charge in [0.2, 0.25) is 5.91 Å². The highest BCUT2D eigenvalue weighted by Gasteiger charge is 2.15. The number of rotatable bonds is 5. The SMILES string of the molecule is Cc1ccc2c(CC(=O)Nc3nc(CN4CCCCC4)cs3)coc2c1C. The lowest BCUT2D eigenvalue weighted by molar-refractivity contribution is -0.115. The minimum Gasteiger partial charge on any atom is -0.464 e. The molecule has 1 amide bonds. The van der Waals surface area contributed by atoms with E-state index in [4.69, 9.17) is 4.42 Å². The molecule has 3 heterocycles. The van der Waals surface area contributed by atoms with Crippen LogP contribution >= 0.6 is 11.3 Å². The summed E-state index contributed by atoms with van der Waals surface area (Å²) >= 11 is 1.49. The van der Waals surface area contributed by atoms with Gasteiger partial charge in [0, 0.05) is 22.9 Å². The maximum absolute atomic E-state index is 12.5. The summed E-state index contributed by atoms with van der Waals surface area (Å²) in [6.45, 7) is 7.27. The molecular weight excluding hydrogens is 358 g/mol. The molecule has 5 nitrogen and oxygen atoms in total. The lowest BCUT2D eigenvalue weighted by atomic mass is 10.0. The Hall–Kier alpha value is -2.18. The van der Waals surface area contributed by atoms with Crippen molar-refractivity contribution in [1.82, 2.24) is 9.88 Å². The number of fused-ring (bicyclic) bond motifs is 1. The van der Waals surface area contributed by atoms with Gasteiger partial charge in [0.1, 0.15) is 5.58 Å². The largest absolute Gasteiger partial charge is 0.464 e. The molecule has 6 heteroatoms. The molecule has 27 heavy (non-hydrogen) atoms. The first-order chi connectivity index (χ1) is 13.1. The van der Waals surface area contributed by atoms with Gasteiger partial charge in [-0.2, -0.15) is 0 Å². The summed E-state index contributed by atoms with van der Waals surface area (Å²) in [5.41, 5.74) is 5.14. The van der Waals surface area contributed by atoms with Crippen LogP contribution in [0.15, 0.2) is 28.2 Å². The van der Waals surface area contributed by atoms with E-state index in [1.165, 1.54) is 36.2 Å². The van der Waals surface area contributed by atoms with Crippen LogP contribution in [-0.2, 0) is 17.8 Å². The minimum atomic E-state index is -0.0604. The maximum atomic E-state index is 12.5. The van der Waals surface area contributed by atoms with Gasteiger partial charge in [-0.3, -0.25) is 9.69 Å². The molecule has 1 N–H and O–H groups in total. The van der Waals surface area contributed by atoms with E-state index in [1.807, 2.05) is 18.4 Å². The van der Waals surface area contributed by atoms with Crippen molar-refractivity contribution in [3.05, 3.63) is 46.2 Å². The Morgan fingerprint density at radius 3 is 2.89 bits per heavy atom. The van der Waals surface area contributed by atoms with Crippen LogP contribution < -0.4 is 5.32 Å². The molecule has 0 unspecified atom stereocenters. The number of aromatic nitrogens is 1. The third-order valence-electron chi connectivity index (χ3n) is 5.33. The van der Waals surface area contributed by atoms with Crippen LogP contribution in [0.4, 0.5) is 5.13 Å². The van der Waals surface area contributed by atoms with Crippen LogP contribution in [0.3, 0.4) is 0 Å². The summed E-state index contributed by atoms with van der Waals surface area (Å²) in [6.07, 6.45) is 5.85. The first-order valence-electron chi connectivity index (χ1n) is 9.53. The van der Waals surface area contributed by atoms with Crippen molar-refractivity contribution < 1.29 is 9.21 Å². The van der Waals surface area contributed by atoms with Gasteiger partial charge in [-0.1, -0.05) is 18.6 Å². The van der Waals surface area contributed by atoms with Crippen LogP contribution in [0.25, 0.3) is 11.0 Å². The van der Waals surface area contributed by atoms with Crippen molar-refractivity contribution in [2.24, 2.45) is 0 Å². The monoisotopic (exact) mass is 383 g/mol. The van der Waals surface area contributed by atoms with Gasteiger partial charge in [-0.05, 0) is 50.9 Å². The zero-order valence-electron chi connectivity index (χ0n) is 15.9. The molecule has 4 rings (SSSR count). The molecule has 1 aromatic carbocycles. The molecule has 0 atom stereocenters. The topological polar surface area (TPSA) is 58.4 Å². The van der Waals surface area contributed by atoms with Gasteiger partial charge < -0.3 is 9.73 Å². The van der Waals surface area contributed by atoms with Gasteiger partial charge >= 0.3 is 0 Å². The highest BCUT2D eigenvalue weighted by Crippen LogP contribution is 2.27. The minimum absolute atomic E-state index is 0.0604. The molecule has 3 aromatic rings. The number of furan rings is 1. The van der Waals surface area contributed by atoms with E-state index in [2.05, 4.69) is 28.2 Å². The third-order valence-corrected chi connectivity index (χ3v) is 6.13. The van der Waals surface area contributed by atoms with E-state index in [-0.39, 0.29) is 12.3 Å². The zero-order chi connectivity index (χ0) is 18.8. The first kappa shape index (κ1) is 18.2. The molecule has 1 aliphatic heterocycles. The molecule has 2 aromatic heterocycles. The Labute approximate surface area is 163 Å². The van der Waals surface area contributed by atoms with Crippen LogP contribution in [0.1, 0.15) is 41.6 Å². The van der Waals surface area contributed by atoms with Crippen LogP contribution in [0.2, 0.25) is 0 Å². The smallest absolute Gasteiger partial charge is 0.230 e. The van der Waals surface area contributed by atoms with Gasteiger partial charge in [-0.15, -0.1) is 11.3 Å². The number of hydrogen-bond donors (Lipinski definition) is 1. The van der Waals surface area contributed by atoms with E-state index in [0.29, 0.717) is 5.13 Å². The summed E-state index contributed by atoms with van der Waals surface area (Å²) in [7, 11) is 0. The molecule has 142 valence electrons. The third kappa shape index (κ3) is 4.06. The number of piperidine rings is 1. The Morgan fingerprint density at radius 2 is 2.07 bits per heavy atom. The highest BCUT2D eigenvalue weighted by molar-refractivity contribution is 7.13. The van der Waals surface area contributed by atoms with E-state index >= 15 is 0 Å². The van der Waals surface area contributed by atoms with Crippen LogP contribution in [0, 0.1) is 13.8 Å². The number of anilines is 1. The van der Waals surface area contributed by atoms with Crippen molar-refractivity contribution in [1.29, 1.82) is 0 Å². The molecule has 0 bridgehead atoms. The number of benzene rings is 1. The van der Waals surface area contributed by atoms with E-state index in [9.17, 15) is 4.79 Å². The fourth-order valence-electron chi connectivity index (χ4n) is 3.65. The molecule has 0 radical (unpaired) electrons. The number of aryl methyl sites for hydroxylation is 2. The predicted molar refractivity (Wildman–Crippen MR) is 109 cm³/mol. The second-order valence-electron chi connectivity index (χ2n) is 7.35.